The van der Waals surface area contributed by atoms with Crippen LogP contribution >= 0.6 is 0 Å². The Morgan fingerprint density at radius 3 is 2.65 bits per heavy atom. The van der Waals surface area contributed by atoms with Gasteiger partial charge in [0.1, 0.15) is 11.6 Å². The van der Waals surface area contributed by atoms with Crippen molar-refractivity contribution in [3.8, 4) is 0 Å². The Bertz CT molecular complexity index is 421. The maximum atomic E-state index is 11.5. The number of aromatic amines is 1. The second-order valence-corrected chi connectivity index (χ2v) is 5.43. The molecule has 17 heavy (non-hydrogen) atoms. The zero-order chi connectivity index (χ0) is 13.1. The zero-order valence-electron chi connectivity index (χ0n) is 11.4. The van der Waals surface area contributed by atoms with Gasteiger partial charge in [-0.2, -0.15) is 0 Å². The second kappa shape index (κ2) is 5.34. The van der Waals surface area contributed by atoms with E-state index < -0.39 is 0 Å². The number of rotatable bonds is 5. The molecule has 0 aliphatic carbocycles. The molecule has 0 aromatic carbocycles. The number of hydrogen-bond acceptors (Lipinski definition) is 3. The predicted octanol–water partition coefficient (Wildman–Crippen LogP) is 2.88. The highest BCUT2D eigenvalue weighted by Crippen LogP contribution is 2.18. The van der Waals surface area contributed by atoms with Crippen LogP contribution in [0.5, 0.6) is 0 Å². The summed E-state index contributed by atoms with van der Waals surface area (Å²) in [6, 6.07) is 1.52. The van der Waals surface area contributed by atoms with Crippen molar-refractivity contribution in [3.05, 3.63) is 22.2 Å². The van der Waals surface area contributed by atoms with Crippen LogP contribution in [0.15, 0.2) is 10.9 Å². The Morgan fingerprint density at radius 1 is 1.47 bits per heavy atom. The molecular weight excluding hydrogens is 214 g/mol. The number of nitrogens with one attached hydrogen (secondary N) is 2. The van der Waals surface area contributed by atoms with Gasteiger partial charge in [-0.15, -0.1) is 0 Å². The summed E-state index contributed by atoms with van der Waals surface area (Å²) >= 11 is 0. The third-order valence-corrected chi connectivity index (χ3v) is 2.65. The average Bonchev–Trinajstić information content (AvgIpc) is 2.15. The Morgan fingerprint density at radius 2 is 2.12 bits per heavy atom. The van der Waals surface area contributed by atoms with Gasteiger partial charge in [-0.1, -0.05) is 27.2 Å². The van der Waals surface area contributed by atoms with Crippen LogP contribution in [-0.2, 0) is 0 Å². The van der Waals surface area contributed by atoms with Gasteiger partial charge in [-0.3, -0.25) is 4.79 Å². The maximum absolute atomic E-state index is 11.5. The topological polar surface area (TPSA) is 57.8 Å². The van der Waals surface area contributed by atoms with E-state index in [2.05, 4.69) is 36.1 Å². The third kappa shape index (κ3) is 4.21. The molecule has 0 bridgehead atoms. The van der Waals surface area contributed by atoms with Gasteiger partial charge < -0.3 is 10.3 Å². The van der Waals surface area contributed by atoms with Gasteiger partial charge in [0.2, 0.25) is 0 Å². The molecule has 1 rings (SSSR count). The van der Waals surface area contributed by atoms with Crippen molar-refractivity contribution in [2.45, 2.75) is 58.9 Å². The smallest absolute Gasteiger partial charge is 0.252 e. The highest BCUT2D eigenvalue weighted by molar-refractivity contribution is 5.36. The fourth-order valence-electron chi connectivity index (χ4n) is 1.85. The fourth-order valence-corrected chi connectivity index (χ4v) is 1.85. The molecule has 96 valence electrons. The minimum Gasteiger partial charge on any atom is -0.365 e. The normalized spacial score (nSPS) is 11.9. The van der Waals surface area contributed by atoms with Crippen molar-refractivity contribution in [2.24, 2.45) is 0 Å². The average molecular weight is 237 g/mol. The van der Waals surface area contributed by atoms with Crippen LogP contribution < -0.4 is 10.9 Å². The molecule has 0 spiro atoms. The first-order valence-corrected chi connectivity index (χ1v) is 6.23. The first-order valence-electron chi connectivity index (χ1n) is 6.23. The van der Waals surface area contributed by atoms with Crippen LogP contribution in [0.25, 0.3) is 0 Å². The Hall–Kier alpha value is -1.32. The molecule has 0 atom stereocenters. The number of nitrogens with zero attached hydrogens (tertiary/aromatic N) is 1. The van der Waals surface area contributed by atoms with Crippen LogP contribution in [0.3, 0.4) is 0 Å². The van der Waals surface area contributed by atoms with Gasteiger partial charge in [-0.25, -0.2) is 4.98 Å². The van der Waals surface area contributed by atoms with Gasteiger partial charge in [0, 0.05) is 17.5 Å². The van der Waals surface area contributed by atoms with E-state index in [1.165, 1.54) is 6.07 Å². The zero-order valence-corrected chi connectivity index (χ0v) is 11.4. The van der Waals surface area contributed by atoms with E-state index in [4.69, 9.17) is 0 Å². The summed E-state index contributed by atoms with van der Waals surface area (Å²) in [4.78, 5) is 18.7. The lowest BCUT2D eigenvalue weighted by Gasteiger charge is -2.26. The highest BCUT2D eigenvalue weighted by atomic mass is 16.1. The molecule has 1 aromatic heterocycles. The highest BCUT2D eigenvalue weighted by Gasteiger charge is 2.17. The van der Waals surface area contributed by atoms with Crippen LogP contribution in [0, 0.1) is 0 Å². The molecule has 0 unspecified atom stereocenters. The molecule has 0 radical (unpaired) electrons. The standard InChI is InChI=1S/C13H23N3O/c1-6-7-13(4,5)16-10-8-11(17)15-12(14-10)9(2)3/h8-9H,6-7H2,1-5H3,(H2,14,15,16,17). The minimum absolute atomic E-state index is 0.0379. The molecule has 2 N–H and O–H groups in total. The van der Waals surface area contributed by atoms with Crippen molar-refractivity contribution in [1.29, 1.82) is 0 Å². The number of H-pyrrole nitrogens is 1. The van der Waals surface area contributed by atoms with Gasteiger partial charge in [0.05, 0.1) is 0 Å². The molecule has 4 nitrogen and oxygen atoms in total. The summed E-state index contributed by atoms with van der Waals surface area (Å²) < 4.78 is 0. The van der Waals surface area contributed by atoms with Gasteiger partial charge in [-0.05, 0) is 20.3 Å². The first-order chi connectivity index (χ1) is 7.84. The van der Waals surface area contributed by atoms with E-state index in [-0.39, 0.29) is 17.0 Å². The van der Waals surface area contributed by atoms with Crippen LogP contribution in [0.1, 0.15) is 59.2 Å². The molecule has 4 heteroatoms. The summed E-state index contributed by atoms with van der Waals surface area (Å²) in [6.45, 7) is 10.4. The van der Waals surface area contributed by atoms with E-state index >= 15 is 0 Å². The van der Waals surface area contributed by atoms with E-state index in [1.54, 1.807) is 0 Å². The van der Waals surface area contributed by atoms with Gasteiger partial charge in [0.15, 0.2) is 0 Å². The van der Waals surface area contributed by atoms with Gasteiger partial charge >= 0.3 is 0 Å². The molecule has 0 amide bonds. The van der Waals surface area contributed by atoms with Crippen molar-refractivity contribution >= 4 is 5.82 Å². The van der Waals surface area contributed by atoms with Crippen molar-refractivity contribution in [3.63, 3.8) is 0 Å². The number of aromatic nitrogens is 2. The maximum Gasteiger partial charge on any atom is 0.252 e. The summed E-state index contributed by atoms with van der Waals surface area (Å²) in [5.41, 5.74) is -0.137. The summed E-state index contributed by atoms with van der Waals surface area (Å²) in [6.07, 6.45) is 2.14. The lowest BCUT2D eigenvalue weighted by molar-refractivity contribution is 0.508. The quantitative estimate of drug-likeness (QED) is 0.828. The summed E-state index contributed by atoms with van der Waals surface area (Å²) in [7, 11) is 0. The Balaban J connectivity index is 2.95. The molecule has 0 fully saturated rings. The van der Waals surface area contributed by atoms with Crippen molar-refractivity contribution in [2.75, 3.05) is 5.32 Å². The lowest BCUT2D eigenvalue weighted by atomic mass is 9.99. The molecule has 0 aliphatic heterocycles. The number of hydrogen-bond donors (Lipinski definition) is 2. The third-order valence-electron chi connectivity index (χ3n) is 2.65. The van der Waals surface area contributed by atoms with Gasteiger partial charge in [0.25, 0.3) is 5.56 Å². The first kappa shape index (κ1) is 13.7. The molecule has 0 saturated heterocycles. The van der Waals surface area contributed by atoms with Crippen molar-refractivity contribution < 1.29 is 0 Å². The largest absolute Gasteiger partial charge is 0.365 e. The minimum atomic E-state index is -0.0986. The predicted molar refractivity (Wildman–Crippen MR) is 71.6 cm³/mol. The molecule has 1 aromatic rings. The Labute approximate surface area is 103 Å². The molecule has 0 aliphatic rings. The SMILES string of the molecule is CCCC(C)(C)Nc1cc(=O)[nH]c(C(C)C)n1. The van der Waals surface area contributed by atoms with Crippen LogP contribution in [0.2, 0.25) is 0 Å². The number of anilines is 1. The molecule has 1 heterocycles. The van der Waals surface area contributed by atoms with Crippen molar-refractivity contribution in [1.82, 2.24) is 9.97 Å². The van der Waals surface area contributed by atoms with E-state index in [0.29, 0.717) is 5.82 Å². The van der Waals surface area contributed by atoms with Crippen LogP contribution in [0.4, 0.5) is 5.82 Å². The monoisotopic (exact) mass is 237 g/mol. The van der Waals surface area contributed by atoms with E-state index in [0.717, 1.165) is 18.7 Å². The van der Waals surface area contributed by atoms with E-state index in [9.17, 15) is 4.79 Å². The fraction of sp³-hybridized carbons (Fsp3) is 0.692. The summed E-state index contributed by atoms with van der Waals surface area (Å²) in [5.74, 6) is 1.61. The summed E-state index contributed by atoms with van der Waals surface area (Å²) in [5, 5.41) is 3.32. The van der Waals surface area contributed by atoms with Crippen LogP contribution in [-0.4, -0.2) is 15.5 Å². The molecule has 0 saturated carbocycles. The molecular formula is C13H23N3O. The lowest BCUT2D eigenvalue weighted by Crippen LogP contribution is -2.32. The second-order valence-electron chi connectivity index (χ2n) is 5.43. The van der Waals surface area contributed by atoms with E-state index in [1.807, 2.05) is 13.8 Å². The Kier molecular flexibility index (Phi) is 4.32.